The number of likely N-dealkylation sites (tertiary alicyclic amines) is 1. The van der Waals surface area contributed by atoms with Gasteiger partial charge in [-0.3, -0.25) is 19.7 Å². The van der Waals surface area contributed by atoms with Crippen molar-refractivity contribution in [2.45, 2.75) is 37.8 Å². The number of non-ortho nitro benzene ring substituents is 1. The molecule has 1 N–H and O–H groups in total. The molecule has 1 aliphatic heterocycles. The molecule has 0 aromatic heterocycles. The van der Waals surface area contributed by atoms with Gasteiger partial charge in [0.05, 0.1) is 15.5 Å². The summed E-state index contributed by atoms with van der Waals surface area (Å²) in [7, 11) is 0. The van der Waals surface area contributed by atoms with E-state index in [2.05, 4.69) is 5.32 Å². The molecule has 0 radical (unpaired) electrons. The summed E-state index contributed by atoms with van der Waals surface area (Å²) in [6, 6.07) is 3.49. The van der Waals surface area contributed by atoms with E-state index in [4.69, 9.17) is 11.6 Å². The molecular weight excluding hydrogens is 322 g/mol. The molecule has 0 spiro atoms. The van der Waals surface area contributed by atoms with Crippen molar-refractivity contribution in [1.82, 2.24) is 10.2 Å². The number of nitrogens with one attached hydrogen (secondary N) is 1. The number of hydrogen-bond donors (Lipinski definition) is 1. The van der Waals surface area contributed by atoms with Crippen LogP contribution in [0.1, 0.15) is 36.0 Å². The second-order valence-corrected chi connectivity index (χ2v) is 6.27. The quantitative estimate of drug-likeness (QED) is 0.673. The number of benzene rings is 1. The Morgan fingerprint density at radius 2 is 2.04 bits per heavy atom. The number of carbonyl (C=O) groups excluding carboxylic acids is 2. The SMILES string of the molecule is O=C(NC1CC1)C1CCCN1C(=O)c1ccc([N+](=O)[O-])cc1Cl. The normalized spacial score (nSPS) is 20.4. The highest BCUT2D eigenvalue weighted by Gasteiger charge is 2.37. The second-order valence-electron chi connectivity index (χ2n) is 5.86. The van der Waals surface area contributed by atoms with Crippen molar-refractivity contribution in [1.29, 1.82) is 0 Å². The molecule has 1 unspecified atom stereocenters. The van der Waals surface area contributed by atoms with Gasteiger partial charge in [0.25, 0.3) is 11.6 Å². The van der Waals surface area contributed by atoms with Crippen LogP contribution in [-0.4, -0.2) is 40.3 Å². The zero-order valence-corrected chi connectivity index (χ0v) is 13.1. The summed E-state index contributed by atoms with van der Waals surface area (Å²) >= 11 is 6.02. The molecule has 8 heteroatoms. The number of carbonyl (C=O) groups is 2. The Bertz CT molecular complexity index is 675. The molecule has 23 heavy (non-hydrogen) atoms. The molecular formula is C15H16ClN3O4. The van der Waals surface area contributed by atoms with Gasteiger partial charge in [0, 0.05) is 24.7 Å². The Morgan fingerprint density at radius 1 is 1.30 bits per heavy atom. The van der Waals surface area contributed by atoms with Crippen LogP contribution >= 0.6 is 11.6 Å². The van der Waals surface area contributed by atoms with E-state index in [1.54, 1.807) is 0 Å². The van der Waals surface area contributed by atoms with Gasteiger partial charge in [0.15, 0.2) is 0 Å². The average molecular weight is 338 g/mol. The van der Waals surface area contributed by atoms with E-state index >= 15 is 0 Å². The van der Waals surface area contributed by atoms with Crippen LogP contribution in [0.25, 0.3) is 0 Å². The number of hydrogen-bond acceptors (Lipinski definition) is 4. The van der Waals surface area contributed by atoms with Crippen LogP contribution in [0, 0.1) is 10.1 Å². The van der Waals surface area contributed by atoms with E-state index in [9.17, 15) is 19.7 Å². The number of amides is 2. The average Bonchev–Trinajstić information content (AvgIpc) is 3.18. The Kier molecular flexibility index (Phi) is 4.21. The molecule has 2 fully saturated rings. The Balaban J connectivity index is 1.78. The summed E-state index contributed by atoms with van der Waals surface area (Å²) in [5.41, 5.74) is 0.0133. The zero-order chi connectivity index (χ0) is 16.6. The summed E-state index contributed by atoms with van der Waals surface area (Å²) in [4.78, 5) is 36.6. The first-order valence-electron chi connectivity index (χ1n) is 7.52. The molecule has 1 aliphatic carbocycles. The standard InChI is InChI=1S/C15H16ClN3O4/c16-12-8-10(19(22)23)5-6-11(12)15(21)18-7-1-2-13(18)14(20)17-9-3-4-9/h5-6,8-9,13H,1-4,7H2,(H,17,20). The third kappa shape index (κ3) is 3.29. The maximum Gasteiger partial charge on any atom is 0.270 e. The molecule has 2 amide bonds. The van der Waals surface area contributed by atoms with Gasteiger partial charge >= 0.3 is 0 Å². The summed E-state index contributed by atoms with van der Waals surface area (Å²) in [6.07, 6.45) is 3.34. The maximum atomic E-state index is 12.7. The van der Waals surface area contributed by atoms with Gasteiger partial charge in [-0.05, 0) is 31.7 Å². The Morgan fingerprint density at radius 3 is 2.65 bits per heavy atom. The molecule has 1 atom stereocenters. The number of nitro groups is 1. The fourth-order valence-corrected chi connectivity index (χ4v) is 3.01. The third-order valence-electron chi connectivity index (χ3n) is 4.13. The first kappa shape index (κ1) is 15.7. The van der Waals surface area contributed by atoms with Crippen LogP contribution in [0.2, 0.25) is 5.02 Å². The lowest BCUT2D eigenvalue weighted by Crippen LogP contribution is -2.46. The molecule has 1 saturated heterocycles. The lowest BCUT2D eigenvalue weighted by Gasteiger charge is -2.24. The van der Waals surface area contributed by atoms with Gasteiger partial charge in [-0.15, -0.1) is 0 Å². The zero-order valence-electron chi connectivity index (χ0n) is 12.3. The molecule has 1 saturated carbocycles. The van der Waals surface area contributed by atoms with Crippen molar-refractivity contribution in [3.63, 3.8) is 0 Å². The molecule has 2 aliphatic rings. The van der Waals surface area contributed by atoms with Crippen LogP contribution < -0.4 is 5.32 Å². The van der Waals surface area contributed by atoms with Crippen molar-refractivity contribution < 1.29 is 14.5 Å². The Hall–Kier alpha value is -2.15. The summed E-state index contributed by atoms with van der Waals surface area (Å²) in [6.45, 7) is 0.481. The minimum atomic E-state index is -0.568. The van der Waals surface area contributed by atoms with Gasteiger partial charge in [-0.2, -0.15) is 0 Å². The van der Waals surface area contributed by atoms with Crippen molar-refractivity contribution in [3.05, 3.63) is 38.9 Å². The fraction of sp³-hybridized carbons (Fsp3) is 0.467. The number of rotatable bonds is 4. The highest BCUT2D eigenvalue weighted by Crippen LogP contribution is 2.28. The second kappa shape index (κ2) is 6.16. The van der Waals surface area contributed by atoms with E-state index in [-0.39, 0.29) is 34.1 Å². The maximum absolute atomic E-state index is 12.7. The monoisotopic (exact) mass is 337 g/mol. The van der Waals surface area contributed by atoms with Crippen molar-refractivity contribution in [2.75, 3.05) is 6.54 Å². The third-order valence-corrected chi connectivity index (χ3v) is 4.45. The predicted molar refractivity (Wildman–Crippen MR) is 83.3 cm³/mol. The first-order valence-corrected chi connectivity index (χ1v) is 7.90. The smallest absolute Gasteiger partial charge is 0.270 e. The van der Waals surface area contributed by atoms with Crippen molar-refractivity contribution in [3.8, 4) is 0 Å². The summed E-state index contributed by atoms with van der Waals surface area (Å²) in [5.74, 6) is -0.491. The van der Waals surface area contributed by atoms with Gasteiger partial charge < -0.3 is 10.2 Å². The molecule has 1 aromatic carbocycles. The number of nitrogens with zero attached hydrogens (tertiary/aromatic N) is 2. The van der Waals surface area contributed by atoms with Gasteiger partial charge in [0.1, 0.15) is 6.04 Å². The van der Waals surface area contributed by atoms with E-state index in [1.807, 2.05) is 0 Å². The van der Waals surface area contributed by atoms with Crippen LogP contribution in [0.15, 0.2) is 18.2 Å². The largest absolute Gasteiger partial charge is 0.352 e. The topological polar surface area (TPSA) is 92.6 Å². The highest BCUT2D eigenvalue weighted by atomic mass is 35.5. The lowest BCUT2D eigenvalue weighted by molar-refractivity contribution is -0.384. The van der Waals surface area contributed by atoms with E-state index in [1.165, 1.54) is 17.0 Å². The summed E-state index contributed by atoms with van der Waals surface area (Å²) < 4.78 is 0. The van der Waals surface area contributed by atoms with Gasteiger partial charge in [-0.25, -0.2) is 0 Å². The molecule has 1 aromatic rings. The van der Waals surface area contributed by atoms with Crippen molar-refractivity contribution >= 4 is 29.1 Å². The number of nitro benzene ring substituents is 1. The van der Waals surface area contributed by atoms with Crippen LogP contribution in [0.5, 0.6) is 0 Å². The molecule has 122 valence electrons. The van der Waals surface area contributed by atoms with Crippen molar-refractivity contribution in [2.24, 2.45) is 0 Å². The minimum absolute atomic E-state index is 0.0254. The lowest BCUT2D eigenvalue weighted by atomic mass is 10.1. The highest BCUT2D eigenvalue weighted by molar-refractivity contribution is 6.34. The van der Waals surface area contributed by atoms with Gasteiger partial charge in [-0.1, -0.05) is 11.6 Å². The number of halogens is 1. The Labute approximate surface area is 137 Å². The minimum Gasteiger partial charge on any atom is -0.352 e. The predicted octanol–water partition coefficient (Wildman–Crippen LogP) is 2.13. The molecule has 3 rings (SSSR count). The van der Waals surface area contributed by atoms with Crippen LogP contribution in [-0.2, 0) is 4.79 Å². The molecule has 7 nitrogen and oxygen atoms in total. The molecule has 1 heterocycles. The van der Waals surface area contributed by atoms with Crippen LogP contribution in [0.3, 0.4) is 0 Å². The van der Waals surface area contributed by atoms with E-state index < -0.39 is 11.0 Å². The van der Waals surface area contributed by atoms with E-state index in [0.717, 1.165) is 25.3 Å². The van der Waals surface area contributed by atoms with Crippen LogP contribution in [0.4, 0.5) is 5.69 Å². The first-order chi connectivity index (χ1) is 11.0. The van der Waals surface area contributed by atoms with E-state index in [0.29, 0.717) is 13.0 Å². The molecule has 0 bridgehead atoms. The summed E-state index contributed by atoms with van der Waals surface area (Å²) in [5, 5.41) is 13.7. The fourth-order valence-electron chi connectivity index (χ4n) is 2.75. The van der Waals surface area contributed by atoms with Gasteiger partial charge in [0.2, 0.25) is 5.91 Å².